The van der Waals surface area contributed by atoms with Crippen molar-refractivity contribution in [3.05, 3.63) is 34.2 Å². The van der Waals surface area contributed by atoms with Gasteiger partial charge >= 0.3 is 5.97 Å². The summed E-state index contributed by atoms with van der Waals surface area (Å²) in [6.07, 6.45) is 1.84. The van der Waals surface area contributed by atoms with E-state index in [4.69, 9.17) is 16.7 Å². The number of amides is 1. The van der Waals surface area contributed by atoms with Gasteiger partial charge in [-0.15, -0.1) is 11.3 Å². The minimum absolute atomic E-state index is 0.0370. The Balaban J connectivity index is 1.90. The van der Waals surface area contributed by atoms with Crippen LogP contribution in [0.25, 0.3) is 10.1 Å². The molecule has 0 unspecified atom stereocenters. The largest absolute Gasteiger partial charge is 0.481 e. The predicted molar refractivity (Wildman–Crippen MR) is 83.1 cm³/mol. The standard InChI is InChI=1S/C15H14ClNO3S/c16-13-10-3-1-2-4-11(10)21-14(13)15(20)17(9-5-6-9)8-7-12(18)19/h1-4,9H,5-8H2,(H,18,19). The molecule has 1 aromatic carbocycles. The minimum Gasteiger partial charge on any atom is -0.481 e. The number of halogens is 1. The number of hydrogen-bond donors (Lipinski definition) is 1. The summed E-state index contributed by atoms with van der Waals surface area (Å²) in [7, 11) is 0. The molecule has 1 aromatic heterocycles. The van der Waals surface area contributed by atoms with Crippen molar-refractivity contribution < 1.29 is 14.7 Å². The third-order valence-electron chi connectivity index (χ3n) is 3.54. The quantitative estimate of drug-likeness (QED) is 0.914. The minimum atomic E-state index is -0.893. The Kier molecular flexibility index (Phi) is 3.87. The lowest BCUT2D eigenvalue weighted by Crippen LogP contribution is -2.34. The SMILES string of the molecule is O=C(O)CCN(C(=O)c1sc2ccccc2c1Cl)C1CC1. The van der Waals surface area contributed by atoms with Crippen LogP contribution in [0.4, 0.5) is 0 Å². The average Bonchev–Trinajstić information content (AvgIpc) is 3.23. The molecule has 0 spiro atoms. The van der Waals surface area contributed by atoms with Crippen molar-refractivity contribution in [2.45, 2.75) is 25.3 Å². The van der Waals surface area contributed by atoms with Crippen molar-refractivity contribution in [3.8, 4) is 0 Å². The molecule has 1 heterocycles. The number of nitrogens with zero attached hydrogens (tertiary/aromatic N) is 1. The molecule has 1 aliphatic carbocycles. The van der Waals surface area contributed by atoms with E-state index in [1.54, 1.807) is 4.90 Å². The molecule has 0 radical (unpaired) electrons. The van der Waals surface area contributed by atoms with Crippen LogP contribution in [0.5, 0.6) is 0 Å². The fourth-order valence-electron chi connectivity index (χ4n) is 2.33. The van der Waals surface area contributed by atoms with E-state index < -0.39 is 5.97 Å². The van der Waals surface area contributed by atoms with Crippen molar-refractivity contribution in [1.29, 1.82) is 0 Å². The van der Waals surface area contributed by atoms with E-state index in [2.05, 4.69) is 0 Å². The molecule has 110 valence electrons. The van der Waals surface area contributed by atoms with Crippen molar-refractivity contribution in [1.82, 2.24) is 4.90 Å². The first-order valence-corrected chi connectivity index (χ1v) is 7.97. The molecule has 1 aliphatic rings. The molecular formula is C15H14ClNO3S. The van der Waals surface area contributed by atoms with Crippen LogP contribution in [0.2, 0.25) is 5.02 Å². The van der Waals surface area contributed by atoms with Crippen LogP contribution in [0, 0.1) is 0 Å². The number of fused-ring (bicyclic) bond motifs is 1. The first-order chi connectivity index (χ1) is 10.1. The predicted octanol–water partition coefficient (Wildman–Crippen LogP) is 3.63. The topological polar surface area (TPSA) is 57.6 Å². The second kappa shape index (κ2) is 5.66. The van der Waals surface area contributed by atoms with Crippen molar-refractivity contribution in [3.63, 3.8) is 0 Å². The molecule has 1 amide bonds. The van der Waals surface area contributed by atoms with Crippen LogP contribution in [-0.4, -0.2) is 34.5 Å². The third kappa shape index (κ3) is 2.89. The van der Waals surface area contributed by atoms with E-state index in [9.17, 15) is 9.59 Å². The summed E-state index contributed by atoms with van der Waals surface area (Å²) in [5, 5.41) is 10.2. The zero-order valence-corrected chi connectivity index (χ0v) is 12.8. The fraction of sp³-hybridized carbons (Fsp3) is 0.333. The molecule has 0 saturated heterocycles. The van der Waals surface area contributed by atoms with Crippen LogP contribution in [-0.2, 0) is 4.79 Å². The highest BCUT2D eigenvalue weighted by Gasteiger charge is 2.34. The highest BCUT2D eigenvalue weighted by molar-refractivity contribution is 7.21. The van der Waals surface area contributed by atoms with Gasteiger partial charge in [0.15, 0.2) is 0 Å². The van der Waals surface area contributed by atoms with Gasteiger partial charge in [-0.05, 0) is 18.9 Å². The summed E-state index contributed by atoms with van der Waals surface area (Å²) in [6.45, 7) is 0.239. The Morgan fingerprint density at radius 2 is 2.05 bits per heavy atom. The second-order valence-electron chi connectivity index (χ2n) is 5.11. The van der Waals surface area contributed by atoms with Crippen LogP contribution in [0.1, 0.15) is 28.9 Å². The number of carboxylic acids is 1. The molecule has 2 aromatic rings. The van der Waals surface area contributed by atoms with Gasteiger partial charge in [0.1, 0.15) is 4.88 Å². The van der Waals surface area contributed by atoms with Gasteiger partial charge in [-0.1, -0.05) is 29.8 Å². The molecule has 1 N–H and O–H groups in total. The van der Waals surface area contributed by atoms with E-state index in [0.717, 1.165) is 22.9 Å². The number of carbonyl (C=O) groups excluding carboxylic acids is 1. The van der Waals surface area contributed by atoms with Crippen molar-refractivity contribution >= 4 is 44.9 Å². The van der Waals surface area contributed by atoms with Crippen LogP contribution < -0.4 is 0 Å². The summed E-state index contributed by atoms with van der Waals surface area (Å²) < 4.78 is 0.972. The molecule has 0 atom stereocenters. The van der Waals surface area contributed by atoms with E-state index in [1.807, 2.05) is 24.3 Å². The normalized spacial score (nSPS) is 14.3. The molecule has 0 aliphatic heterocycles. The number of rotatable bonds is 5. The number of hydrogen-bond acceptors (Lipinski definition) is 3. The van der Waals surface area contributed by atoms with E-state index in [0.29, 0.717) is 9.90 Å². The van der Waals surface area contributed by atoms with Crippen LogP contribution in [0.3, 0.4) is 0 Å². The molecule has 0 bridgehead atoms. The van der Waals surface area contributed by atoms with Gasteiger partial charge in [-0.25, -0.2) is 0 Å². The number of carbonyl (C=O) groups is 2. The molecular weight excluding hydrogens is 310 g/mol. The highest BCUT2D eigenvalue weighted by atomic mass is 35.5. The smallest absolute Gasteiger partial charge is 0.305 e. The van der Waals surface area contributed by atoms with Crippen molar-refractivity contribution in [2.24, 2.45) is 0 Å². The molecule has 6 heteroatoms. The van der Waals surface area contributed by atoms with Crippen molar-refractivity contribution in [2.75, 3.05) is 6.54 Å². The summed E-state index contributed by atoms with van der Waals surface area (Å²) in [5.41, 5.74) is 0. The maximum atomic E-state index is 12.7. The van der Waals surface area contributed by atoms with Crippen LogP contribution >= 0.6 is 22.9 Å². The van der Waals surface area contributed by atoms with Gasteiger partial charge in [-0.3, -0.25) is 9.59 Å². The molecule has 3 rings (SSSR count). The highest BCUT2D eigenvalue weighted by Crippen LogP contribution is 2.38. The van der Waals surface area contributed by atoms with E-state index in [1.165, 1.54) is 11.3 Å². The Hall–Kier alpha value is -1.59. The van der Waals surface area contributed by atoms with Gasteiger partial charge < -0.3 is 10.0 Å². The Morgan fingerprint density at radius 1 is 1.33 bits per heavy atom. The lowest BCUT2D eigenvalue weighted by Gasteiger charge is -2.21. The maximum absolute atomic E-state index is 12.7. The lowest BCUT2D eigenvalue weighted by molar-refractivity contribution is -0.137. The monoisotopic (exact) mass is 323 g/mol. The van der Waals surface area contributed by atoms with Gasteiger partial charge in [0.05, 0.1) is 11.4 Å². The summed E-state index contributed by atoms with van der Waals surface area (Å²) in [4.78, 5) is 25.6. The van der Waals surface area contributed by atoms with Gasteiger partial charge in [-0.2, -0.15) is 0 Å². The van der Waals surface area contributed by atoms with E-state index in [-0.39, 0.29) is 24.9 Å². The Morgan fingerprint density at radius 3 is 2.67 bits per heavy atom. The maximum Gasteiger partial charge on any atom is 0.305 e. The Labute approximate surface area is 130 Å². The van der Waals surface area contributed by atoms with Gasteiger partial charge in [0.2, 0.25) is 0 Å². The molecule has 1 fully saturated rings. The number of aliphatic carboxylic acids is 1. The fourth-order valence-corrected chi connectivity index (χ4v) is 3.80. The molecule has 4 nitrogen and oxygen atoms in total. The van der Waals surface area contributed by atoms with Crippen LogP contribution in [0.15, 0.2) is 24.3 Å². The number of carboxylic acid groups (broad SMARTS) is 1. The first-order valence-electron chi connectivity index (χ1n) is 6.77. The average molecular weight is 324 g/mol. The van der Waals surface area contributed by atoms with Gasteiger partial charge in [0.25, 0.3) is 5.91 Å². The zero-order valence-electron chi connectivity index (χ0n) is 11.2. The number of thiophene rings is 1. The zero-order chi connectivity index (χ0) is 15.0. The van der Waals surface area contributed by atoms with E-state index >= 15 is 0 Å². The van der Waals surface area contributed by atoms with Gasteiger partial charge in [0, 0.05) is 22.7 Å². The lowest BCUT2D eigenvalue weighted by atomic mass is 10.2. The third-order valence-corrected chi connectivity index (χ3v) is 5.21. The summed E-state index contributed by atoms with van der Waals surface area (Å²) in [5.74, 6) is -1.04. The number of benzene rings is 1. The Bertz CT molecular complexity index is 708. The summed E-state index contributed by atoms with van der Waals surface area (Å²) >= 11 is 7.70. The summed E-state index contributed by atoms with van der Waals surface area (Å²) in [6, 6.07) is 7.79. The second-order valence-corrected chi connectivity index (χ2v) is 6.54. The molecule has 21 heavy (non-hydrogen) atoms. The molecule has 1 saturated carbocycles. The first kappa shape index (κ1) is 14.4.